The van der Waals surface area contributed by atoms with Crippen LogP contribution >= 0.6 is 0 Å². The summed E-state index contributed by atoms with van der Waals surface area (Å²) in [6.07, 6.45) is 2.53. The Hall–Kier alpha value is -1.38. The molecule has 1 aliphatic rings. The molecule has 1 aromatic heterocycles. The van der Waals surface area contributed by atoms with Crippen molar-refractivity contribution in [2.75, 3.05) is 13.1 Å². The van der Waals surface area contributed by atoms with Crippen molar-refractivity contribution in [3.63, 3.8) is 0 Å². The molecule has 0 aromatic carbocycles. The van der Waals surface area contributed by atoms with Crippen LogP contribution in [-0.2, 0) is 21.5 Å². The van der Waals surface area contributed by atoms with Gasteiger partial charge in [0.2, 0.25) is 0 Å². The first kappa shape index (κ1) is 14.0. The normalized spacial score (nSPS) is 21.4. The van der Waals surface area contributed by atoms with Gasteiger partial charge in [0, 0.05) is 13.1 Å². The maximum absolute atomic E-state index is 12.0. The average molecular weight is 288 g/mol. The summed E-state index contributed by atoms with van der Waals surface area (Å²) in [5, 5.41) is 8.94. The van der Waals surface area contributed by atoms with Gasteiger partial charge in [-0.05, 0) is 25.0 Å². The predicted octanol–water partition coefficient (Wildman–Crippen LogP) is 0.411. The molecular weight excluding hydrogens is 272 g/mol. The Kier molecular flexibility index (Phi) is 4.23. The molecule has 0 bridgehead atoms. The number of rotatable bonds is 5. The summed E-state index contributed by atoms with van der Waals surface area (Å²) < 4.78 is 32.7. The predicted molar refractivity (Wildman–Crippen MR) is 66.4 cm³/mol. The lowest BCUT2D eigenvalue weighted by Gasteiger charge is -2.29. The number of carboxylic acid groups (broad SMARTS) is 1. The van der Waals surface area contributed by atoms with Crippen LogP contribution in [0.2, 0.25) is 0 Å². The van der Waals surface area contributed by atoms with Crippen molar-refractivity contribution in [2.45, 2.75) is 19.4 Å². The van der Waals surface area contributed by atoms with Gasteiger partial charge in [0.05, 0.1) is 18.7 Å². The molecule has 19 heavy (non-hydrogen) atoms. The van der Waals surface area contributed by atoms with E-state index in [0.29, 0.717) is 25.1 Å². The Morgan fingerprint density at radius 2 is 2.37 bits per heavy atom. The first-order valence-corrected chi connectivity index (χ1v) is 7.43. The van der Waals surface area contributed by atoms with E-state index in [9.17, 15) is 13.2 Å². The third kappa shape index (κ3) is 3.55. The number of piperidine rings is 1. The Morgan fingerprint density at radius 1 is 1.58 bits per heavy atom. The van der Waals surface area contributed by atoms with E-state index in [4.69, 9.17) is 9.52 Å². The zero-order chi connectivity index (χ0) is 13.9. The number of hydrogen-bond donors (Lipinski definition) is 2. The molecule has 1 unspecified atom stereocenters. The molecule has 106 valence electrons. The molecule has 0 spiro atoms. The van der Waals surface area contributed by atoms with Gasteiger partial charge in [-0.15, -0.1) is 0 Å². The zero-order valence-electron chi connectivity index (χ0n) is 10.3. The Morgan fingerprint density at radius 3 is 3.00 bits per heavy atom. The maximum Gasteiger partial charge on any atom is 0.307 e. The van der Waals surface area contributed by atoms with E-state index in [0.717, 1.165) is 0 Å². The third-order valence-corrected chi connectivity index (χ3v) is 4.60. The molecule has 2 heterocycles. The van der Waals surface area contributed by atoms with Crippen LogP contribution in [0.15, 0.2) is 22.8 Å². The highest BCUT2D eigenvalue weighted by atomic mass is 32.2. The number of carboxylic acids is 1. The third-order valence-electron chi connectivity index (χ3n) is 3.08. The van der Waals surface area contributed by atoms with Crippen molar-refractivity contribution in [3.8, 4) is 0 Å². The van der Waals surface area contributed by atoms with Crippen LogP contribution in [0.4, 0.5) is 0 Å². The minimum atomic E-state index is -3.67. The van der Waals surface area contributed by atoms with Crippen LogP contribution in [0.3, 0.4) is 0 Å². The van der Waals surface area contributed by atoms with E-state index in [1.54, 1.807) is 12.1 Å². The summed E-state index contributed by atoms with van der Waals surface area (Å²) in [6.45, 7) is 0.420. The molecular formula is C11H16N2O5S. The van der Waals surface area contributed by atoms with Crippen LogP contribution in [-0.4, -0.2) is 36.9 Å². The van der Waals surface area contributed by atoms with Gasteiger partial charge in [-0.2, -0.15) is 17.4 Å². The van der Waals surface area contributed by atoms with Crippen molar-refractivity contribution < 1.29 is 22.7 Å². The fourth-order valence-electron chi connectivity index (χ4n) is 2.03. The number of aliphatic carboxylic acids is 1. The lowest BCUT2D eigenvalue weighted by molar-refractivity contribution is -0.142. The van der Waals surface area contributed by atoms with Crippen LogP contribution in [0.25, 0.3) is 0 Å². The van der Waals surface area contributed by atoms with Gasteiger partial charge in [0.25, 0.3) is 10.2 Å². The fourth-order valence-corrected chi connectivity index (χ4v) is 3.28. The molecule has 1 aliphatic heterocycles. The van der Waals surface area contributed by atoms with Crippen LogP contribution in [0.5, 0.6) is 0 Å². The zero-order valence-corrected chi connectivity index (χ0v) is 11.1. The monoisotopic (exact) mass is 288 g/mol. The molecule has 0 amide bonds. The number of nitrogens with zero attached hydrogens (tertiary/aromatic N) is 1. The largest absolute Gasteiger partial charge is 0.481 e. The second-order valence-electron chi connectivity index (χ2n) is 4.44. The van der Waals surface area contributed by atoms with Crippen molar-refractivity contribution in [1.82, 2.24) is 9.03 Å². The van der Waals surface area contributed by atoms with Crippen molar-refractivity contribution in [2.24, 2.45) is 5.92 Å². The Labute approximate surface area is 111 Å². The fraction of sp³-hybridized carbons (Fsp3) is 0.545. The highest BCUT2D eigenvalue weighted by molar-refractivity contribution is 7.87. The second kappa shape index (κ2) is 5.72. The van der Waals surface area contributed by atoms with E-state index >= 15 is 0 Å². The summed E-state index contributed by atoms with van der Waals surface area (Å²) in [5.41, 5.74) is 0. The van der Waals surface area contributed by atoms with Gasteiger partial charge in [0.1, 0.15) is 5.76 Å². The summed E-state index contributed by atoms with van der Waals surface area (Å²) in [6, 6.07) is 3.34. The van der Waals surface area contributed by atoms with Crippen LogP contribution in [0, 0.1) is 5.92 Å². The van der Waals surface area contributed by atoms with Crippen LogP contribution < -0.4 is 4.72 Å². The highest BCUT2D eigenvalue weighted by Crippen LogP contribution is 2.18. The molecule has 1 fully saturated rings. The summed E-state index contributed by atoms with van der Waals surface area (Å²) >= 11 is 0. The highest BCUT2D eigenvalue weighted by Gasteiger charge is 2.32. The number of carbonyl (C=O) groups is 1. The summed E-state index contributed by atoms with van der Waals surface area (Å²) in [5.74, 6) is -1.07. The van der Waals surface area contributed by atoms with E-state index < -0.39 is 22.1 Å². The lowest BCUT2D eigenvalue weighted by Crippen LogP contribution is -2.47. The molecule has 0 radical (unpaired) electrons. The molecule has 1 atom stereocenters. The van der Waals surface area contributed by atoms with E-state index in [1.807, 2.05) is 0 Å². The number of nitrogens with one attached hydrogen (secondary N) is 1. The SMILES string of the molecule is O=C(O)C1CCCN(S(=O)(=O)NCc2ccco2)C1. The number of hydrogen-bond acceptors (Lipinski definition) is 4. The molecule has 1 aromatic rings. The quantitative estimate of drug-likeness (QED) is 0.817. The molecule has 2 rings (SSSR count). The minimum Gasteiger partial charge on any atom is -0.481 e. The lowest BCUT2D eigenvalue weighted by atomic mass is 10.0. The first-order valence-electron chi connectivity index (χ1n) is 5.99. The molecule has 0 aliphatic carbocycles. The van der Waals surface area contributed by atoms with Crippen LogP contribution in [0.1, 0.15) is 18.6 Å². The van der Waals surface area contributed by atoms with Gasteiger partial charge in [0.15, 0.2) is 0 Å². The second-order valence-corrected chi connectivity index (χ2v) is 6.20. The molecule has 0 saturated carbocycles. The van der Waals surface area contributed by atoms with E-state index in [-0.39, 0.29) is 13.1 Å². The molecule has 1 saturated heterocycles. The Bertz CT molecular complexity index is 525. The van der Waals surface area contributed by atoms with Gasteiger partial charge in [-0.25, -0.2) is 0 Å². The molecule has 2 N–H and O–H groups in total. The molecule has 7 nitrogen and oxygen atoms in total. The smallest absolute Gasteiger partial charge is 0.307 e. The van der Waals surface area contributed by atoms with Gasteiger partial charge in [-0.3, -0.25) is 4.79 Å². The molecule has 8 heteroatoms. The van der Waals surface area contributed by atoms with Gasteiger partial charge in [-0.1, -0.05) is 0 Å². The topological polar surface area (TPSA) is 99.9 Å². The van der Waals surface area contributed by atoms with Crippen molar-refractivity contribution in [3.05, 3.63) is 24.2 Å². The maximum atomic E-state index is 12.0. The average Bonchev–Trinajstić information content (AvgIpc) is 2.90. The van der Waals surface area contributed by atoms with E-state index in [1.165, 1.54) is 10.6 Å². The summed E-state index contributed by atoms with van der Waals surface area (Å²) in [7, 11) is -3.67. The minimum absolute atomic E-state index is 0.0167. The standard InChI is InChI=1S/C11H16N2O5S/c14-11(15)9-3-1-5-13(8-9)19(16,17)12-7-10-4-2-6-18-10/h2,4,6,9,12H,1,3,5,7-8H2,(H,14,15). The van der Waals surface area contributed by atoms with E-state index in [2.05, 4.69) is 4.72 Å². The number of furan rings is 1. The van der Waals surface area contributed by atoms with Gasteiger partial charge >= 0.3 is 5.97 Å². The Balaban J connectivity index is 1.96. The van der Waals surface area contributed by atoms with Crippen molar-refractivity contribution >= 4 is 16.2 Å². The van der Waals surface area contributed by atoms with Gasteiger partial charge < -0.3 is 9.52 Å². The van der Waals surface area contributed by atoms with Crippen molar-refractivity contribution in [1.29, 1.82) is 0 Å². The first-order chi connectivity index (χ1) is 8.99. The summed E-state index contributed by atoms with van der Waals surface area (Å²) in [4.78, 5) is 10.9.